The molecule has 1 N–H and O–H groups in total. The van der Waals surface area contributed by atoms with E-state index in [2.05, 4.69) is 5.32 Å². The summed E-state index contributed by atoms with van der Waals surface area (Å²) in [6.45, 7) is 10.4. The minimum atomic E-state index is 0.109. The highest BCUT2D eigenvalue weighted by Crippen LogP contribution is 2.24. The van der Waals surface area contributed by atoms with Crippen LogP contribution in [0.2, 0.25) is 0 Å². The summed E-state index contributed by atoms with van der Waals surface area (Å²) in [6.07, 6.45) is 1.04. The predicted molar refractivity (Wildman–Crippen MR) is 70.9 cm³/mol. The van der Waals surface area contributed by atoms with Gasteiger partial charge in [0.15, 0.2) is 0 Å². The molecule has 1 atom stereocenters. The largest absolute Gasteiger partial charge is 0.466 e. The summed E-state index contributed by atoms with van der Waals surface area (Å²) < 4.78 is 5.56. The summed E-state index contributed by atoms with van der Waals surface area (Å²) >= 11 is 0. The smallest absolute Gasteiger partial charge is 0.257 e. The van der Waals surface area contributed by atoms with Crippen LogP contribution in [0.3, 0.4) is 0 Å². The van der Waals surface area contributed by atoms with Gasteiger partial charge >= 0.3 is 0 Å². The third-order valence-corrected chi connectivity index (χ3v) is 3.85. The van der Waals surface area contributed by atoms with Gasteiger partial charge < -0.3 is 14.6 Å². The third kappa shape index (κ3) is 2.17. The molecule has 0 bridgehead atoms. The van der Waals surface area contributed by atoms with Gasteiger partial charge in [-0.25, -0.2) is 0 Å². The molecular weight excluding hydrogens is 228 g/mol. The molecule has 1 unspecified atom stereocenters. The standard InChI is InChI=1S/C14H22N2O2/c1-5-16(12-6-7-15-8-12)14(17)13-9(2)10(3)18-11(13)4/h12,15H,5-8H2,1-4H3. The maximum absolute atomic E-state index is 12.7. The van der Waals surface area contributed by atoms with Gasteiger partial charge in [0.25, 0.3) is 5.91 Å². The minimum absolute atomic E-state index is 0.109. The van der Waals surface area contributed by atoms with Gasteiger partial charge in [-0.1, -0.05) is 0 Å². The lowest BCUT2D eigenvalue weighted by atomic mass is 10.1. The lowest BCUT2D eigenvalue weighted by Crippen LogP contribution is -2.41. The zero-order valence-corrected chi connectivity index (χ0v) is 11.7. The van der Waals surface area contributed by atoms with Crippen LogP contribution in [0.4, 0.5) is 0 Å². The van der Waals surface area contributed by atoms with Gasteiger partial charge in [-0.15, -0.1) is 0 Å². The molecule has 2 rings (SSSR count). The molecule has 0 aromatic carbocycles. The van der Waals surface area contributed by atoms with E-state index >= 15 is 0 Å². The van der Waals surface area contributed by atoms with Crippen LogP contribution in [0.25, 0.3) is 0 Å². The number of furan rings is 1. The molecule has 1 aliphatic rings. The SMILES string of the molecule is CCN(C(=O)c1c(C)oc(C)c1C)C1CCNC1. The van der Waals surface area contributed by atoms with Crippen molar-refractivity contribution in [2.24, 2.45) is 0 Å². The lowest BCUT2D eigenvalue weighted by Gasteiger charge is -2.27. The highest BCUT2D eigenvalue weighted by atomic mass is 16.3. The fourth-order valence-electron chi connectivity index (χ4n) is 2.72. The Bertz CT molecular complexity index is 445. The van der Waals surface area contributed by atoms with Gasteiger partial charge in [-0.3, -0.25) is 4.79 Å². The second-order valence-electron chi connectivity index (χ2n) is 4.95. The number of carbonyl (C=O) groups excluding carboxylic acids is 1. The first kappa shape index (κ1) is 13.1. The maximum Gasteiger partial charge on any atom is 0.257 e. The van der Waals surface area contributed by atoms with Crippen LogP contribution in [0.15, 0.2) is 4.42 Å². The van der Waals surface area contributed by atoms with Gasteiger partial charge in [0.2, 0.25) is 0 Å². The Hall–Kier alpha value is -1.29. The summed E-state index contributed by atoms with van der Waals surface area (Å²) in [5, 5.41) is 3.31. The van der Waals surface area contributed by atoms with Crippen molar-refractivity contribution in [1.82, 2.24) is 10.2 Å². The first-order valence-electron chi connectivity index (χ1n) is 6.64. The lowest BCUT2D eigenvalue weighted by molar-refractivity contribution is 0.0701. The van der Waals surface area contributed by atoms with Crippen LogP contribution in [0.5, 0.6) is 0 Å². The van der Waals surface area contributed by atoms with Crippen molar-refractivity contribution in [1.29, 1.82) is 0 Å². The van der Waals surface area contributed by atoms with Crippen LogP contribution >= 0.6 is 0 Å². The second kappa shape index (κ2) is 5.14. The van der Waals surface area contributed by atoms with Crippen LogP contribution in [-0.2, 0) is 0 Å². The van der Waals surface area contributed by atoms with Crippen molar-refractivity contribution >= 4 is 5.91 Å². The fraction of sp³-hybridized carbons (Fsp3) is 0.643. The van der Waals surface area contributed by atoms with E-state index in [1.807, 2.05) is 32.6 Å². The third-order valence-electron chi connectivity index (χ3n) is 3.85. The summed E-state index contributed by atoms with van der Waals surface area (Å²) in [6, 6.07) is 0.316. The van der Waals surface area contributed by atoms with Gasteiger partial charge in [-0.2, -0.15) is 0 Å². The molecule has 18 heavy (non-hydrogen) atoms. The van der Waals surface area contributed by atoms with Crippen LogP contribution < -0.4 is 5.32 Å². The van der Waals surface area contributed by atoms with Crippen molar-refractivity contribution in [3.63, 3.8) is 0 Å². The normalized spacial score (nSPS) is 19.2. The number of hydrogen-bond donors (Lipinski definition) is 1. The number of likely N-dealkylation sites (N-methyl/N-ethyl adjacent to an activating group) is 1. The number of carbonyl (C=O) groups is 1. The van der Waals surface area contributed by atoms with E-state index in [0.717, 1.165) is 48.7 Å². The zero-order chi connectivity index (χ0) is 13.3. The monoisotopic (exact) mass is 250 g/mol. The van der Waals surface area contributed by atoms with Crippen molar-refractivity contribution in [2.75, 3.05) is 19.6 Å². The molecule has 1 aliphatic heterocycles. The van der Waals surface area contributed by atoms with E-state index in [-0.39, 0.29) is 5.91 Å². The first-order chi connectivity index (χ1) is 8.56. The fourth-order valence-corrected chi connectivity index (χ4v) is 2.72. The Labute approximate surface area is 108 Å². The van der Waals surface area contributed by atoms with Crippen molar-refractivity contribution in [2.45, 2.75) is 40.2 Å². The molecule has 0 aliphatic carbocycles. The van der Waals surface area contributed by atoms with Crippen molar-refractivity contribution < 1.29 is 9.21 Å². The molecule has 1 aromatic rings. The minimum Gasteiger partial charge on any atom is -0.466 e. The topological polar surface area (TPSA) is 45.5 Å². The highest BCUT2D eigenvalue weighted by molar-refractivity contribution is 5.97. The Morgan fingerprint density at radius 1 is 1.39 bits per heavy atom. The molecule has 100 valence electrons. The van der Waals surface area contributed by atoms with Gasteiger partial charge in [0.05, 0.1) is 5.56 Å². The van der Waals surface area contributed by atoms with E-state index in [9.17, 15) is 4.79 Å². The zero-order valence-electron chi connectivity index (χ0n) is 11.7. The maximum atomic E-state index is 12.7. The molecule has 1 amide bonds. The summed E-state index contributed by atoms with van der Waals surface area (Å²) in [5.74, 6) is 1.69. The first-order valence-corrected chi connectivity index (χ1v) is 6.64. The van der Waals surface area contributed by atoms with E-state index < -0.39 is 0 Å². The van der Waals surface area contributed by atoms with Crippen molar-refractivity contribution in [3.05, 3.63) is 22.6 Å². The number of rotatable bonds is 3. The predicted octanol–water partition coefficient (Wildman–Crippen LogP) is 2.03. The number of nitrogens with one attached hydrogen (secondary N) is 1. The highest BCUT2D eigenvalue weighted by Gasteiger charge is 2.29. The number of aryl methyl sites for hydroxylation is 2. The summed E-state index contributed by atoms with van der Waals surface area (Å²) in [5.41, 5.74) is 1.73. The number of hydrogen-bond acceptors (Lipinski definition) is 3. The summed E-state index contributed by atoms with van der Waals surface area (Å²) in [7, 11) is 0. The number of nitrogens with zero attached hydrogens (tertiary/aromatic N) is 1. The molecule has 2 heterocycles. The van der Waals surface area contributed by atoms with Crippen LogP contribution in [-0.4, -0.2) is 36.5 Å². The molecule has 0 spiro atoms. The molecular formula is C14H22N2O2. The Kier molecular flexibility index (Phi) is 3.76. The Morgan fingerprint density at radius 2 is 2.11 bits per heavy atom. The molecule has 1 saturated heterocycles. The molecule has 4 nitrogen and oxygen atoms in total. The van der Waals surface area contributed by atoms with E-state index in [1.165, 1.54) is 0 Å². The Balaban J connectivity index is 2.28. The molecule has 0 radical (unpaired) electrons. The van der Waals surface area contributed by atoms with Gasteiger partial charge in [-0.05, 0) is 40.7 Å². The quantitative estimate of drug-likeness (QED) is 0.892. The summed E-state index contributed by atoms with van der Waals surface area (Å²) in [4.78, 5) is 14.6. The van der Waals surface area contributed by atoms with E-state index in [1.54, 1.807) is 0 Å². The van der Waals surface area contributed by atoms with Crippen LogP contribution in [0.1, 0.15) is 40.8 Å². The van der Waals surface area contributed by atoms with E-state index in [0.29, 0.717) is 6.04 Å². The average Bonchev–Trinajstić information content (AvgIpc) is 2.90. The van der Waals surface area contributed by atoms with Gasteiger partial charge in [0, 0.05) is 24.7 Å². The molecule has 1 aromatic heterocycles. The molecule has 0 saturated carbocycles. The number of amides is 1. The Morgan fingerprint density at radius 3 is 2.56 bits per heavy atom. The average molecular weight is 250 g/mol. The van der Waals surface area contributed by atoms with Crippen LogP contribution in [0, 0.1) is 20.8 Å². The molecule has 4 heteroatoms. The van der Waals surface area contributed by atoms with E-state index in [4.69, 9.17) is 4.42 Å². The second-order valence-corrected chi connectivity index (χ2v) is 4.95. The van der Waals surface area contributed by atoms with Gasteiger partial charge in [0.1, 0.15) is 11.5 Å². The molecule has 1 fully saturated rings. The van der Waals surface area contributed by atoms with Crippen molar-refractivity contribution in [3.8, 4) is 0 Å².